The first-order chi connectivity index (χ1) is 18.9. The van der Waals surface area contributed by atoms with Crippen molar-refractivity contribution in [2.75, 3.05) is 0 Å². The molecule has 0 saturated carbocycles. The zero-order chi connectivity index (χ0) is 31.9. The molecule has 10 heteroatoms. The molecule has 0 saturated heterocycles. The maximum Gasteiger partial charge on any atom is 2.00 e. The van der Waals surface area contributed by atoms with Gasteiger partial charge in [-0.05, 0) is 75.0 Å². The van der Waals surface area contributed by atoms with Crippen LogP contribution in [0.3, 0.4) is 0 Å². The van der Waals surface area contributed by atoms with Gasteiger partial charge in [0.05, 0.1) is 0 Å². The Morgan fingerprint density at radius 1 is 0.405 bits per heavy atom. The predicted molar refractivity (Wildman–Crippen MR) is 153 cm³/mol. The Labute approximate surface area is 278 Å². The summed E-state index contributed by atoms with van der Waals surface area (Å²) in [6, 6.07) is 0. The van der Waals surface area contributed by atoms with Crippen molar-refractivity contribution in [2.24, 2.45) is 23.7 Å². The molecule has 4 atom stereocenters. The quantitative estimate of drug-likeness (QED) is 0.174. The molecular formula is C32H60CoCuO8. The summed E-state index contributed by atoms with van der Waals surface area (Å²) in [5.74, 6) is -4.46. The van der Waals surface area contributed by atoms with E-state index in [0.717, 1.165) is 77.0 Å². The molecule has 2 radical (unpaired) electrons. The maximum atomic E-state index is 10.3. The molecule has 0 rings (SSSR count). The smallest absolute Gasteiger partial charge is 0.550 e. The summed E-state index contributed by atoms with van der Waals surface area (Å²) < 4.78 is 0. The Kier molecular flexibility index (Phi) is 50.8. The second-order valence-electron chi connectivity index (χ2n) is 10.3. The fourth-order valence-corrected chi connectivity index (χ4v) is 3.76. The number of hydrogen-bond donors (Lipinski definition) is 0. The van der Waals surface area contributed by atoms with Gasteiger partial charge in [-0.1, -0.05) is 107 Å². The van der Waals surface area contributed by atoms with Crippen molar-refractivity contribution < 1.29 is 73.5 Å². The molecule has 0 N–H and O–H groups in total. The van der Waals surface area contributed by atoms with Crippen LogP contribution in [0.25, 0.3) is 0 Å². The monoisotopic (exact) mass is 694 g/mol. The van der Waals surface area contributed by atoms with Crippen LogP contribution in [0.15, 0.2) is 0 Å². The van der Waals surface area contributed by atoms with E-state index in [2.05, 4.69) is 27.7 Å². The zero-order valence-corrected chi connectivity index (χ0v) is 29.5. The number of carbonyl (C=O) groups is 4. The summed E-state index contributed by atoms with van der Waals surface area (Å²) >= 11 is 0. The molecule has 42 heavy (non-hydrogen) atoms. The van der Waals surface area contributed by atoms with Crippen LogP contribution in [-0.4, -0.2) is 23.9 Å². The van der Waals surface area contributed by atoms with Crippen LogP contribution in [0.1, 0.15) is 158 Å². The van der Waals surface area contributed by atoms with Gasteiger partial charge in [-0.2, -0.15) is 0 Å². The van der Waals surface area contributed by atoms with E-state index in [1.54, 1.807) is 0 Å². The Balaban J connectivity index is -0.000000101. The number of hydrogen-bond acceptors (Lipinski definition) is 8. The van der Waals surface area contributed by atoms with E-state index in [4.69, 9.17) is 0 Å². The fraction of sp³-hybridized carbons (Fsp3) is 0.875. The first-order valence-electron chi connectivity index (χ1n) is 15.7. The van der Waals surface area contributed by atoms with E-state index in [-0.39, 0.29) is 57.5 Å². The van der Waals surface area contributed by atoms with Crippen molar-refractivity contribution in [2.45, 2.75) is 158 Å². The van der Waals surface area contributed by atoms with Gasteiger partial charge in [-0.3, -0.25) is 0 Å². The van der Waals surface area contributed by atoms with Crippen LogP contribution in [0.4, 0.5) is 0 Å². The van der Waals surface area contributed by atoms with Crippen molar-refractivity contribution in [3.05, 3.63) is 0 Å². The summed E-state index contributed by atoms with van der Waals surface area (Å²) in [6.45, 7) is 15.8. The standard InChI is InChI=1S/4C8H16O2.Co.Cu/c4*1-3-5-6-7(4-2)8(9)10;;/h4*7H,3-6H2,1-2H3,(H,9,10);;/q;;;;2*+2/p-4. The number of carbonyl (C=O) groups excluding carboxylic acids is 4. The van der Waals surface area contributed by atoms with E-state index < -0.39 is 23.9 Å². The van der Waals surface area contributed by atoms with Crippen LogP contribution >= 0.6 is 0 Å². The molecule has 0 aliphatic carbocycles. The van der Waals surface area contributed by atoms with Gasteiger partial charge in [-0.15, -0.1) is 0 Å². The van der Waals surface area contributed by atoms with Crippen LogP contribution in [0.5, 0.6) is 0 Å². The minimum Gasteiger partial charge on any atom is -0.550 e. The Bertz CT molecular complexity index is 515. The first-order valence-corrected chi connectivity index (χ1v) is 15.7. The molecule has 0 fully saturated rings. The Morgan fingerprint density at radius 2 is 0.548 bits per heavy atom. The van der Waals surface area contributed by atoms with E-state index in [1.807, 2.05) is 27.7 Å². The van der Waals surface area contributed by atoms with Crippen molar-refractivity contribution >= 4 is 23.9 Å². The molecule has 4 unspecified atom stereocenters. The predicted octanol–water partition coefficient (Wildman–Crippen LogP) is 3.81. The van der Waals surface area contributed by atoms with Gasteiger partial charge >= 0.3 is 33.8 Å². The Hall–Kier alpha value is -1.09. The van der Waals surface area contributed by atoms with Gasteiger partial charge in [-0.25, -0.2) is 0 Å². The molecule has 0 bridgehead atoms. The number of unbranched alkanes of at least 4 members (excludes halogenated alkanes) is 4. The molecule has 8 nitrogen and oxygen atoms in total. The molecule has 0 aromatic heterocycles. The summed E-state index contributed by atoms with van der Waals surface area (Å²) in [4.78, 5) is 41.3. The molecule has 0 amide bonds. The van der Waals surface area contributed by atoms with Crippen molar-refractivity contribution in [3.63, 3.8) is 0 Å². The van der Waals surface area contributed by atoms with Gasteiger partial charge in [0, 0.05) is 23.9 Å². The number of aliphatic carboxylic acids is 4. The average Bonchev–Trinajstić information content (AvgIpc) is 2.91. The SMILES string of the molecule is CCCCC(CC)C(=O)[O-].CCCCC(CC)C(=O)[O-].CCCCC(CC)C(=O)[O-].CCCCC(CC)C(=O)[O-].[Co+2].[Cu+2]. The average molecular weight is 695 g/mol. The van der Waals surface area contributed by atoms with Gasteiger partial charge in [0.1, 0.15) is 0 Å². The van der Waals surface area contributed by atoms with Crippen LogP contribution < -0.4 is 20.4 Å². The third-order valence-electron chi connectivity index (χ3n) is 6.93. The molecule has 0 aliphatic heterocycles. The summed E-state index contributed by atoms with van der Waals surface area (Å²) in [7, 11) is 0. The minimum atomic E-state index is -0.893. The topological polar surface area (TPSA) is 161 Å². The first kappa shape index (κ1) is 53.5. The maximum absolute atomic E-state index is 10.3. The molecule has 0 aromatic rings. The van der Waals surface area contributed by atoms with Gasteiger partial charge in [0.15, 0.2) is 0 Å². The normalized spacial score (nSPS) is 12.4. The van der Waals surface area contributed by atoms with Crippen LogP contribution in [-0.2, 0) is 53.0 Å². The minimum absolute atomic E-state index is 0. The van der Waals surface area contributed by atoms with Gasteiger partial charge < -0.3 is 39.6 Å². The number of carboxylic acid groups (broad SMARTS) is 4. The second-order valence-corrected chi connectivity index (χ2v) is 10.3. The van der Waals surface area contributed by atoms with Crippen LogP contribution in [0, 0.1) is 23.7 Å². The van der Waals surface area contributed by atoms with Crippen molar-refractivity contribution in [3.8, 4) is 0 Å². The third kappa shape index (κ3) is 36.9. The van der Waals surface area contributed by atoms with Crippen molar-refractivity contribution in [1.82, 2.24) is 0 Å². The van der Waals surface area contributed by atoms with Gasteiger partial charge in [0.25, 0.3) is 0 Å². The fourth-order valence-electron chi connectivity index (χ4n) is 3.76. The van der Waals surface area contributed by atoms with Crippen LogP contribution in [0.2, 0.25) is 0 Å². The molecule has 256 valence electrons. The second kappa shape index (κ2) is 39.9. The van der Waals surface area contributed by atoms with E-state index >= 15 is 0 Å². The molecular weight excluding hydrogens is 635 g/mol. The summed E-state index contributed by atoms with van der Waals surface area (Å²) in [5.41, 5.74) is 0. The van der Waals surface area contributed by atoms with E-state index in [0.29, 0.717) is 25.7 Å². The largest absolute Gasteiger partial charge is 2.00 e. The Morgan fingerprint density at radius 3 is 0.619 bits per heavy atom. The zero-order valence-electron chi connectivity index (χ0n) is 27.5. The summed E-state index contributed by atoms with van der Waals surface area (Å²) in [5, 5.41) is 41.3. The van der Waals surface area contributed by atoms with Gasteiger partial charge in [0.2, 0.25) is 0 Å². The van der Waals surface area contributed by atoms with Crippen molar-refractivity contribution in [1.29, 1.82) is 0 Å². The summed E-state index contributed by atoms with van der Waals surface area (Å²) in [6.07, 6.45) is 14.1. The molecule has 0 spiro atoms. The molecule has 0 aromatic carbocycles. The van der Waals surface area contributed by atoms with E-state index in [1.165, 1.54) is 0 Å². The third-order valence-corrected chi connectivity index (χ3v) is 6.93. The van der Waals surface area contributed by atoms with E-state index in [9.17, 15) is 39.6 Å². The number of carboxylic acids is 4. The molecule has 0 aliphatic rings. The number of rotatable bonds is 20. The molecule has 0 heterocycles.